The summed E-state index contributed by atoms with van der Waals surface area (Å²) >= 11 is 0. The van der Waals surface area contributed by atoms with Crippen LogP contribution < -0.4 is 5.56 Å². The number of pyridine rings is 1. The van der Waals surface area contributed by atoms with Gasteiger partial charge in [-0.1, -0.05) is 12.1 Å². The first kappa shape index (κ1) is 19.5. The Hall–Kier alpha value is -2.78. The molecule has 0 fully saturated rings. The van der Waals surface area contributed by atoms with E-state index in [0.29, 0.717) is 11.6 Å². The van der Waals surface area contributed by atoms with Crippen LogP contribution in [0.4, 0.5) is 26.3 Å². The Balaban J connectivity index is 2.16. The zero-order valence-electron chi connectivity index (χ0n) is 13.2. The lowest BCUT2D eigenvalue weighted by Gasteiger charge is -2.17. The van der Waals surface area contributed by atoms with Crippen LogP contribution in [-0.2, 0) is 18.9 Å². The topological polar surface area (TPSA) is 53.2 Å². The van der Waals surface area contributed by atoms with Crippen molar-refractivity contribution >= 4 is 5.91 Å². The molecule has 1 aromatic carbocycles. The molecule has 1 heterocycles. The molecule has 1 aromatic heterocycles. The number of rotatable bonds is 3. The van der Waals surface area contributed by atoms with Crippen LogP contribution in [0.25, 0.3) is 0 Å². The van der Waals surface area contributed by atoms with Crippen LogP contribution in [0.15, 0.2) is 41.2 Å². The third-order valence-electron chi connectivity index (χ3n) is 3.49. The van der Waals surface area contributed by atoms with Crippen molar-refractivity contribution in [3.8, 4) is 0 Å². The summed E-state index contributed by atoms with van der Waals surface area (Å²) < 4.78 is 75.1. The molecule has 0 spiro atoms. The minimum Gasteiger partial charge on any atom is -0.337 e. The third-order valence-corrected chi connectivity index (χ3v) is 3.49. The fourth-order valence-electron chi connectivity index (χ4n) is 2.16. The molecule has 0 aliphatic rings. The maximum absolute atomic E-state index is 12.5. The van der Waals surface area contributed by atoms with E-state index < -0.39 is 40.6 Å². The molecule has 140 valence electrons. The van der Waals surface area contributed by atoms with E-state index in [-0.39, 0.29) is 6.54 Å². The predicted octanol–water partition coefficient (Wildman–Crippen LogP) is 3.68. The van der Waals surface area contributed by atoms with Gasteiger partial charge in [0.1, 0.15) is 11.3 Å². The first-order chi connectivity index (χ1) is 11.9. The van der Waals surface area contributed by atoms with E-state index >= 15 is 0 Å². The summed E-state index contributed by atoms with van der Waals surface area (Å²) in [5.41, 5.74) is -3.49. The normalized spacial score (nSPS) is 12.1. The van der Waals surface area contributed by atoms with Gasteiger partial charge in [-0.3, -0.25) is 9.59 Å². The lowest BCUT2D eigenvalue weighted by molar-refractivity contribution is -0.141. The molecular weight excluding hydrogens is 366 g/mol. The molecule has 0 radical (unpaired) electrons. The highest BCUT2D eigenvalue weighted by Crippen LogP contribution is 2.29. The van der Waals surface area contributed by atoms with Gasteiger partial charge in [0.2, 0.25) is 0 Å². The average Bonchev–Trinajstić information content (AvgIpc) is 2.53. The van der Waals surface area contributed by atoms with Crippen molar-refractivity contribution in [2.45, 2.75) is 18.9 Å². The number of H-pyrrole nitrogens is 1. The van der Waals surface area contributed by atoms with Crippen LogP contribution in [0.3, 0.4) is 0 Å². The maximum Gasteiger partial charge on any atom is 0.431 e. The zero-order chi connectivity index (χ0) is 19.7. The van der Waals surface area contributed by atoms with Crippen molar-refractivity contribution in [1.29, 1.82) is 0 Å². The van der Waals surface area contributed by atoms with Gasteiger partial charge in [0, 0.05) is 13.6 Å². The highest BCUT2D eigenvalue weighted by molar-refractivity contribution is 5.93. The Labute approximate surface area is 143 Å². The van der Waals surface area contributed by atoms with Crippen LogP contribution in [-0.4, -0.2) is 22.8 Å². The second kappa shape index (κ2) is 6.85. The number of nitrogens with one attached hydrogen (secondary N) is 1. The molecule has 1 N–H and O–H groups in total. The first-order valence-electron chi connectivity index (χ1n) is 7.11. The number of aromatic nitrogens is 1. The number of carbonyl (C=O) groups is 1. The second-order valence-electron chi connectivity index (χ2n) is 5.47. The molecule has 2 rings (SSSR count). The number of hydrogen-bond acceptors (Lipinski definition) is 2. The molecular formula is C16H12F6N2O2. The van der Waals surface area contributed by atoms with Gasteiger partial charge < -0.3 is 9.88 Å². The summed E-state index contributed by atoms with van der Waals surface area (Å²) in [7, 11) is 1.27. The van der Waals surface area contributed by atoms with Crippen molar-refractivity contribution in [2.75, 3.05) is 7.05 Å². The van der Waals surface area contributed by atoms with E-state index in [1.165, 1.54) is 19.2 Å². The molecule has 2 aromatic rings. The number of aromatic amines is 1. The van der Waals surface area contributed by atoms with Gasteiger partial charge in [-0.25, -0.2) is 0 Å². The van der Waals surface area contributed by atoms with Gasteiger partial charge >= 0.3 is 12.4 Å². The van der Waals surface area contributed by atoms with Crippen molar-refractivity contribution in [3.63, 3.8) is 0 Å². The van der Waals surface area contributed by atoms with E-state index in [1.807, 2.05) is 0 Å². The van der Waals surface area contributed by atoms with E-state index in [4.69, 9.17) is 0 Å². The largest absolute Gasteiger partial charge is 0.431 e. The summed E-state index contributed by atoms with van der Waals surface area (Å²) in [6.07, 6.45) is -9.25. The minimum atomic E-state index is -4.76. The van der Waals surface area contributed by atoms with Crippen LogP contribution in [0.1, 0.15) is 27.2 Å². The Morgan fingerprint density at radius 2 is 1.54 bits per heavy atom. The number of benzene rings is 1. The number of nitrogens with zero attached hydrogens (tertiary/aromatic N) is 1. The Kier molecular flexibility index (Phi) is 5.15. The molecule has 0 aliphatic carbocycles. The molecule has 0 atom stereocenters. The summed E-state index contributed by atoms with van der Waals surface area (Å²) in [5, 5.41) is 0. The van der Waals surface area contributed by atoms with E-state index in [9.17, 15) is 35.9 Å². The SMILES string of the molecule is CN(Cc1ccc(C(F)(F)F)cc1)C(=O)c1ccc(C(F)(F)F)[nH]c1=O. The maximum atomic E-state index is 12.5. The third kappa shape index (κ3) is 4.44. The number of alkyl halides is 6. The number of halogens is 6. The Bertz CT molecular complexity index is 853. The molecule has 0 unspecified atom stereocenters. The second-order valence-corrected chi connectivity index (χ2v) is 5.47. The molecule has 1 amide bonds. The quantitative estimate of drug-likeness (QED) is 0.829. The Morgan fingerprint density at radius 3 is 2.00 bits per heavy atom. The molecule has 0 aliphatic heterocycles. The lowest BCUT2D eigenvalue weighted by atomic mass is 10.1. The molecule has 0 saturated heterocycles. The van der Waals surface area contributed by atoms with E-state index in [1.54, 1.807) is 4.98 Å². The summed E-state index contributed by atoms with van der Waals surface area (Å²) in [6.45, 7) is -0.128. The highest BCUT2D eigenvalue weighted by atomic mass is 19.4. The molecule has 26 heavy (non-hydrogen) atoms. The molecule has 4 nitrogen and oxygen atoms in total. The Morgan fingerprint density at radius 1 is 0.962 bits per heavy atom. The smallest absolute Gasteiger partial charge is 0.337 e. The van der Waals surface area contributed by atoms with Gasteiger partial charge in [0.15, 0.2) is 0 Å². The predicted molar refractivity (Wildman–Crippen MR) is 79.3 cm³/mol. The van der Waals surface area contributed by atoms with Gasteiger partial charge in [-0.15, -0.1) is 0 Å². The zero-order valence-corrected chi connectivity index (χ0v) is 13.2. The lowest BCUT2D eigenvalue weighted by Crippen LogP contribution is -2.32. The standard InChI is InChI=1S/C16H12F6N2O2/c1-24(8-9-2-4-10(5-3-9)15(17,18)19)14(26)11-6-7-12(16(20,21)22)23-13(11)25/h2-7H,8H2,1H3,(H,23,25). The van der Waals surface area contributed by atoms with Crippen molar-refractivity contribution in [1.82, 2.24) is 9.88 Å². The van der Waals surface area contributed by atoms with Gasteiger partial charge in [0.05, 0.1) is 5.56 Å². The van der Waals surface area contributed by atoms with Crippen molar-refractivity contribution < 1.29 is 31.1 Å². The monoisotopic (exact) mass is 378 g/mol. The molecule has 0 bridgehead atoms. The van der Waals surface area contributed by atoms with Gasteiger partial charge in [-0.05, 0) is 29.8 Å². The summed E-state index contributed by atoms with van der Waals surface area (Å²) in [6, 6.07) is 5.36. The fraction of sp³-hybridized carbons (Fsp3) is 0.250. The summed E-state index contributed by atoms with van der Waals surface area (Å²) in [5.74, 6) is -0.861. The average molecular weight is 378 g/mol. The number of hydrogen-bond donors (Lipinski definition) is 1. The highest BCUT2D eigenvalue weighted by Gasteiger charge is 2.32. The van der Waals surface area contributed by atoms with Crippen LogP contribution in [0, 0.1) is 0 Å². The van der Waals surface area contributed by atoms with E-state index in [0.717, 1.165) is 23.1 Å². The van der Waals surface area contributed by atoms with E-state index in [2.05, 4.69) is 0 Å². The van der Waals surface area contributed by atoms with Gasteiger partial charge in [0.25, 0.3) is 11.5 Å². The van der Waals surface area contributed by atoms with Crippen molar-refractivity contribution in [3.05, 3.63) is 69.1 Å². The van der Waals surface area contributed by atoms with Crippen LogP contribution >= 0.6 is 0 Å². The first-order valence-corrected chi connectivity index (χ1v) is 7.11. The fourth-order valence-corrected chi connectivity index (χ4v) is 2.16. The molecule has 10 heteroatoms. The summed E-state index contributed by atoms with van der Waals surface area (Å²) in [4.78, 5) is 26.5. The molecule has 0 saturated carbocycles. The number of amides is 1. The minimum absolute atomic E-state index is 0.128. The van der Waals surface area contributed by atoms with Crippen molar-refractivity contribution in [2.24, 2.45) is 0 Å². The van der Waals surface area contributed by atoms with Crippen LogP contribution in [0.5, 0.6) is 0 Å². The number of carbonyl (C=O) groups excluding carboxylic acids is 1. The van der Waals surface area contributed by atoms with Crippen LogP contribution in [0.2, 0.25) is 0 Å². The van der Waals surface area contributed by atoms with Gasteiger partial charge in [-0.2, -0.15) is 26.3 Å².